The number of carbonyl (C=O) groups is 1. The summed E-state index contributed by atoms with van der Waals surface area (Å²) in [7, 11) is 0. The summed E-state index contributed by atoms with van der Waals surface area (Å²) in [6.45, 7) is 2.66. The Bertz CT molecular complexity index is 1370. The lowest BCUT2D eigenvalue weighted by Crippen LogP contribution is -2.17. The van der Waals surface area contributed by atoms with Gasteiger partial charge in [-0.05, 0) is 65.7 Å². The highest BCUT2D eigenvalue weighted by atomic mass is 16.6. The van der Waals surface area contributed by atoms with Crippen molar-refractivity contribution in [3.8, 4) is 11.5 Å². The number of hydrazone groups is 1. The zero-order valence-corrected chi connectivity index (χ0v) is 19.0. The van der Waals surface area contributed by atoms with Crippen LogP contribution in [-0.2, 0) is 6.61 Å². The van der Waals surface area contributed by atoms with E-state index in [1.165, 1.54) is 12.1 Å². The highest BCUT2D eigenvalue weighted by Gasteiger charge is 2.10. The molecule has 0 atom stereocenters. The van der Waals surface area contributed by atoms with Crippen LogP contribution in [0, 0.1) is 10.1 Å². The van der Waals surface area contributed by atoms with Crippen molar-refractivity contribution in [2.24, 2.45) is 5.10 Å². The number of rotatable bonds is 9. The van der Waals surface area contributed by atoms with Gasteiger partial charge >= 0.3 is 0 Å². The Balaban J connectivity index is 1.52. The molecule has 1 amide bonds. The third kappa shape index (κ3) is 5.80. The molecule has 1 N–H and O–H groups in total. The molecule has 8 heteroatoms. The minimum atomic E-state index is -0.440. The van der Waals surface area contributed by atoms with E-state index in [9.17, 15) is 14.9 Å². The average Bonchev–Trinajstić information content (AvgIpc) is 2.88. The Labute approximate surface area is 202 Å². The summed E-state index contributed by atoms with van der Waals surface area (Å²) in [5, 5.41) is 16.9. The highest BCUT2D eigenvalue weighted by molar-refractivity contribution is 6.03. The zero-order valence-electron chi connectivity index (χ0n) is 19.0. The molecule has 0 bridgehead atoms. The van der Waals surface area contributed by atoms with Crippen molar-refractivity contribution in [1.29, 1.82) is 0 Å². The van der Waals surface area contributed by atoms with Gasteiger partial charge in [-0.1, -0.05) is 30.3 Å². The van der Waals surface area contributed by atoms with Gasteiger partial charge in [-0.2, -0.15) is 5.10 Å². The van der Waals surface area contributed by atoms with Crippen LogP contribution >= 0.6 is 0 Å². The van der Waals surface area contributed by atoms with Crippen LogP contribution < -0.4 is 14.9 Å². The largest absolute Gasteiger partial charge is 0.494 e. The van der Waals surface area contributed by atoms with Crippen LogP contribution in [0.2, 0.25) is 0 Å². The Morgan fingerprint density at radius 2 is 1.71 bits per heavy atom. The van der Waals surface area contributed by atoms with Gasteiger partial charge in [0.25, 0.3) is 11.6 Å². The third-order valence-corrected chi connectivity index (χ3v) is 5.26. The quantitative estimate of drug-likeness (QED) is 0.198. The molecule has 0 aromatic heterocycles. The summed E-state index contributed by atoms with van der Waals surface area (Å²) >= 11 is 0. The fourth-order valence-corrected chi connectivity index (χ4v) is 3.50. The number of hydrogen-bond acceptors (Lipinski definition) is 6. The van der Waals surface area contributed by atoms with Crippen LogP contribution in [0.25, 0.3) is 10.8 Å². The van der Waals surface area contributed by atoms with Gasteiger partial charge in [0, 0.05) is 23.3 Å². The van der Waals surface area contributed by atoms with Crippen LogP contribution in [0.4, 0.5) is 5.69 Å². The second-order valence-corrected chi connectivity index (χ2v) is 7.57. The van der Waals surface area contributed by atoms with Crippen LogP contribution in [-0.4, -0.2) is 23.7 Å². The summed E-state index contributed by atoms with van der Waals surface area (Å²) < 4.78 is 11.4. The minimum Gasteiger partial charge on any atom is -0.494 e. The van der Waals surface area contributed by atoms with Gasteiger partial charge in [0.15, 0.2) is 0 Å². The Hall–Kier alpha value is -4.72. The SMILES string of the molecule is CCOc1ccc(C(=O)N/N=C\c2c(OCc3ccc([N+](=O)[O-])cc3)ccc3ccccc23)cc1. The molecule has 0 radical (unpaired) electrons. The molecule has 4 aromatic carbocycles. The maximum atomic E-state index is 12.5. The molecule has 8 nitrogen and oxygen atoms in total. The van der Waals surface area contributed by atoms with E-state index in [-0.39, 0.29) is 18.2 Å². The molecule has 0 saturated heterocycles. The molecule has 0 fully saturated rings. The molecule has 35 heavy (non-hydrogen) atoms. The molecule has 0 heterocycles. The number of nitrogens with zero attached hydrogens (tertiary/aromatic N) is 2. The summed E-state index contributed by atoms with van der Waals surface area (Å²) in [4.78, 5) is 22.9. The first kappa shape index (κ1) is 23.4. The molecular formula is C27H23N3O5. The van der Waals surface area contributed by atoms with Gasteiger partial charge in [0.05, 0.1) is 17.7 Å². The number of ether oxygens (including phenoxy) is 2. The molecular weight excluding hydrogens is 446 g/mol. The molecule has 0 aliphatic heterocycles. The number of benzene rings is 4. The van der Waals surface area contributed by atoms with Crippen LogP contribution in [0.3, 0.4) is 0 Å². The Kier molecular flexibility index (Phi) is 7.32. The first-order valence-electron chi connectivity index (χ1n) is 11.0. The van der Waals surface area contributed by atoms with Gasteiger partial charge in [-0.25, -0.2) is 5.43 Å². The van der Waals surface area contributed by atoms with E-state index in [1.54, 1.807) is 42.6 Å². The fourth-order valence-electron chi connectivity index (χ4n) is 3.50. The van der Waals surface area contributed by atoms with Crippen molar-refractivity contribution in [2.75, 3.05) is 6.61 Å². The average molecular weight is 469 g/mol. The third-order valence-electron chi connectivity index (χ3n) is 5.26. The molecule has 0 aliphatic rings. The fraction of sp³-hybridized carbons (Fsp3) is 0.111. The maximum Gasteiger partial charge on any atom is 0.271 e. The molecule has 4 rings (SSSR count). The zero-order chi connectivity index (χ0) is 24.6. The highest BCUT2D eigenvalue weighted by Crippen LogP contribution is 2.27. The summed E-state index contributed by atoms with van der Waals surface area (Å²) in [5.41, 5.74) is 4.53. The van der Waals surface area contributed by atoms with Crippen molar-refractivity contribution in [1.82, 2.24) is 5.43 Å². The standard InChI is InChI=1S/C27H23N3O5/c1-2-34-23-14-9-21(10-15-23)27(31)29-28-17-25-24-6-4-3-5-20(24)11-16-26(25)35-18-19-7-12-22(13-8-19)30(32)33/h3-17H,2,18H2,1H3,(H,29,31)/b28-17-. The predicted molar refractivity (Wildman–Crippen MR) is 134 cm³/mol. The van der Waals surface area contributed by atoms with Crippen molar-refractivity contribution in [3.63, 3.8) is 0 Å². The van der Waals surface area contributed by atoms with E-state index in [0.29, 0.717) is 29.2 Å². The number of hydrogen-bond donors (Lipinski definition) is 1. The second kappa shape index (κ2) is 10.9. The van der Waals surface area contributed by atoms with Gasteiger partial charge in [-0.3, -0.25) is 14.9 Å². The first-order valence-corrected chi connectivity index (χ1v) is 11.0. The number of non-ortho nitro benzene ring substituents is 1. The second-order valence-electron chi connectivity index (χ2n) is 7.57. The minimum absolute atomic E-state index is 0.0237. The van der Waals surface area contributed by atoms with Crippen molar-refractivity contribution in [3.05, 3.63) is 112 Å². The Morgan fingerprint density at radius 1 is 0.971 bits per heavy atom. The van der Waals surface area contributed by atoms with Gasteiger partial charge in [0.1, 0.15) is 18.1 Å². The van der Waals surface area contributed by atoms with Gasteiger partial charge in [-0.15, -0.1) is 0 Å². The van der Waals surface area contributed by atoms with Crippen LogP contribution in [0.1, 0.15) is 28.4 Å². The van der Waals surface area contributed by atoms with Gasteiger partial charge in [0.2, 0.25) is 0 Å². The summed E-state index contributed by atoms with van der Waals surface area (Å²) in [6.07, 6.45) is 1.56. The van der Waals surface area contributed by atoms with Crippen LogP contribution in [0.5, 0.6) is 11.5 Å². The normalized spacial score (nSPS) is 10.9. The van der Waals surface area contributed by atoms with E-state index in [4.69, 9.17) is 9.47 Å². The number of carbonyl (C=O) groups excluding carboxylic acids is 1. The number of nitrogens with one attached hydrogen (secondary N) is 1. The topological polar surface area (TPSA) is 103 Å². The van der Waals surface area contributed by atoms with E-state index in [0.717, 1.165) is 16.3 Å². The lowest BCUT2D eigenvalue weighted by molar-refractivity contribution is -0.384. The van der Waals surface area contributed by atoms with Crippen molar-refractivity contribution < 1.29 is 19.2 Å². The summed E-state index contributed by atoms with van der Waals surface area (Å²) in [6, 6.07) is 24.6. The predicted octanol–water partition coefficient (Wildman–Crippen LogP) is 5.49. The number of nitro groups is 1. The maximum absolute atomic E-state index is 12.5. The molecule has 0 unspecified atom stereocenters. The Morgan fingerprint density at radius 3 is 2.43 bits per heavy atom. The van der Waals surface area contributed by atoms with E-state index in [1.807, 2.05) is 43.3 Å². The molecule has 4 aromatic rings. The molecule has 0 spiro atoms. The first-order chi connectivity index (χ1) is 17.0. The van der Waals surface area contributed by atoms with Crippen LogP contribution in [0.15, 0.2) is 90.0 Å². The smallest absolute Gasteiger partial charge is 0.271 e. The monoisotopic (exact) mass is 469 g/mol. The van der Waals surface area contributed by atoms with Gasteiger partial charge < -0.3 is 9.47 Å². The van der Waals surface area contributed by atoms with Crippen molar-refractivity contribution >= 4 is 28.6 Å². The number of fused-ring (bicyclic) bond motifs is 1. The van der Waals surface area contributed by atoms with E-state index >= 15 is 0 Å². The number of amides is 1. The summed E-state index contributed by atoms with van der Waals surface area (Å²) in [5.74, 6) is 0.914. The lowest BCUT2D eigenvalue weighted by atomic mass is 10.0. The number of nitro benzene ring substituents is 1. The lowest BCUT2D eigenvalue weighted by Gasteiger charge is -2.12. The molecule has 0 aliphatic carbocycles. The van der Waals surface area contributed by atoms with E-state index < -0.39 is 4.92 Å². The molecule has 0 saturated carbocycles. The van der Waals surface area contributed by atoms with E-state index in [2.05, 4.69) is 10.5 Å². The molecule has 176 valence electrons. The van der Waals surface area contributed by atoms with Crippen molar-refractivity contribution in [2.45, 2.75) is 13.5 Å².